The molecule has 1 aliphatic carbocycles. The Labute approximate surface area is 117 Å². The first-order valence-electron chi connectivity index (χ1n) is 7.76. The van der Waals surface area contributed by atoms with Crippen LogP contribution in [0.3, 0.4) is 0 Å². The highest BCUT2D eigenvalue weighted by molar-refractivity contribution is 4.99. The summed E-state index contributed by atoms with van der Waals surface area (Å²) in [6.45, 7) is 2.46. The van der Waals surface area contributed by atoms with Crippen LogP contribution in [-0.2, 0) is 0 Å². The molecule has 3 rings (SSSR count). The molecule has 1 heterocycles. The summed E-state index contributed by atoms with van der Waals surface area (Å²) in [7, 11) is 0. The van der Waals surface area contributed by atoms with Crippen LogP contribution >= 0.6 is 0 Å². The zero-order valence-corrected chi connectivity index (χ0v) is 11.9. The van der Waals surface area contributed by atoms with Crippen LogP contribution in [0.15, 0.2) is 36.4 Å². The molecular formula is C17H27NO. The van der Waals surface area contributed by atoms with Gasteiger partial charge in [0.25, 0.3) is 0 Å². The van der Waals surface area contributed by atoms with Gasteiger partial charge in [0.1, 0.15) is 0 Å². The molecule has 1 aliphatic heterocycles. The van der Waals surface area contributed by atoms with Crippen molar-refractivity contribution < 1.29 is 5.11 Å². The van der Waals surface area contributed by atoms with Crippen molar-refractivity contribution in [2.75, 3.05) is 19.7 Å². The first-order valence-corrected chi connectivity index (χ1v) is 7.76. The normalized spacial score (nSPS) is 27.0. The largest absolute Gasteiger partial charge is 0.395 e. The standard InChI is InChI=1S/C11H21NO.C6H6/c13-9-8-12-7-3-5-10-4-1-2-6-11(10)12;1-2-4-6-5-3-1/h10-11,13H,1-9H2;1-6H. The topological polar surface area (TPSA) is 23.5 Å². The Kier molecular flexibility index (Phi) is 6.38. The molecule has 0 amide bonds. The SMILES string of the molecule is OCCN1CCCC2CCCCC21.c1ccccc1. The van der Waals surface area contributed by atoms with Gasteiger partial charge in [-0.05, 0) is 38.1 Å². The summed E-state index contributed by atoms with van der Waals surface area (Å²) in [6.07, 6.45) is 8.45. The van der Waals surface area contributed by atoms with Crippen molar-refractivity contribution in [2.24, 2.45) is 5.92 Å². The zero-order chi connectivity index (χ0) is 13.3. The molecule has 19 heavy (non-hydrogen) atoms. The number of nitrogens with zero attached hydrogens (tertiary/aromatic N) is 1. The minimum atomic E-state index is 0.337. The van der Waals surface area contributed by atoms with Crippen molar-refractivity contribution in [2.45, 2.75) is 44.6 Å². The van der Waals surface area contributed by atoms with Crippen molar-refractivity contribution in [1.82, 2.24) is 4.90 Å². The first-order chi connectivity index (χ1) is 9.42. The smallest absolute Gasteiger partial charge is 0.0558 e. The second-order valence-electron chi connectivity index (χ2n) is 5.67. The molecule has 0 bridgehead atoms. The van der Waals surface area contributed by atoms with Crippen LogP contribution in [0.2, 0.25) is 0 Å². The average molecular weight is 261 g/mol. The molecular weight excluding hydrogens is 234 g/mol. The van der Waals surface area contributed by atoms with Crippen molar-refractivity contribution in [1.29, 1.82) is 0 Å². The molecule has 1 aromatic carbocycles. The summed E-state index contributed by atoms with van der Waals surface area (Å²) in [5, 5.41) is 8.97. The van der Waals surface area contributed by atoms with Gasteiger partial charge in [-0.25, -0.2) is 0 Å². The molecule has 2 heteroatoms. The molecule has 2 atom stereocenters. The third-order valence-corrected chi connectivity index (χ3v) is 4.41. The number of hydrogen-bond donors (Lipinski definition) is 1. The second kappa shape index (κ2) is 8.34. The number of fused-ring (bicyclic) bond motifs is 1. The highest BCUT2D eigenvalue weighted by atomic mass is 16.3. The number of aliphatic hydroxyl groups is 1. The molecule has 0 radical (unpaired) electrons. The lowest BCUT2D eigenvalue weighted by Crippen LogP contribution is -2.47. The lowest BCUT2D eigenvalue weighted by atomic mass is 9.78. The Hall–Kier alpha value is -0.860. The van der Waals surface area contributed by atoms with Gasteiger partial charge < -0.3 is 5.11 Å². The van der Waals surface area contributed by atoms with Gasteiger partial charge >= 0.3 is 0 Å². The molecule has 106 valence electrons. The summed E-state index contributed by atoms with van der Waals surface area (Å²) in [4.78, 5) is 2.52. The van der Waals surface area contributed by atoms with E-state index in [-0.39, 0.29) is 0 Å². The van der Waals surface area contributed by atoms with Gasteiger partial charge in [-0.1, -0.05) is 49.2 Å². The van der Waals surface area contributed by atoms with E-state index in [9.17, 15) is 0 Å². The molecule has 1 saturated heterocycles. The number of β-amino-alcohol motifs (C(OH)–C–C–N with tert-alkyl or cyclic N) is 1. The van der Waals surface area contributed by atoms with Crippen molar-refractivity contribution >= 4 is 0 Å². The van der Waals surface area contributed by atoms with E-state index in [1.54, 1.807) is 0 Å². The lowest BCUT2D eigenvalue weighted by Gasteiger charge is -2.43. The van der Waals surface area contributed by atoms with Gasteiger partial charge in [-0.2, -0.15) is 0 Å². The Bertz CT molecular complexity index is 297. The van der Waals surface area contributed by atoms with Crippen LogP contribution in [0, 0.1) is 5.92 Å². The number of piperidine rings is 1. The molecule has 1 N–H and O–H groups in total. The maximum Gasteiger partial charge on any atom is 0.0558 e. The molecule has 1 saturated carbocycles. The van der Waals surface area contributed by atoms with E-state index < -0.39 is 0 Å². The third-order valence-electron chi connectivity index (χ3n) is 4.41. The minimum absolute atomic E-state index is 0.337. The quantitative estimate of drug-likeness (QED) is 0.883. The number of hydrogen-bond acceptors (Lipinski definition) is 2. The number of aliphatic hydroxyl groups excluding tert-OH is 1. The van der Waals surface area contributed by atoms with E-state index in [2.05, 4.69) is 4.90 Å². The fourth-order valence-electron chi connectivity index (χ4n) is 3.52. The summed E-state index contributed by atoms with van der Waals surface area (Å²) in [5.74, 6) is 0.953. The summed E-state index contributed by atoms with van der Waals surface area (Å²) >= 11 is 0. The van der Waals surface area contributed by atoms with Gasteiger partial charge in [-0.15, -0.1) is 0 Å². The van der Waals surface area contributed by atoms with Gasteiger partial charge in [-0.3, -0.25) is 4.90 Å². The van der Waals surface area contributed by atoms with Gasteiger partial charge in [0.2, 0.25) is 0 Å². The van der Waals surface area contributed by atoms with Crippen molar-refractivity contribution in [3.05, 3.63) is 36.4 Å². The molecule has 2 nitrogen and oxygen atoms in total. The summed E-state index contributed by atoms with van der Waals surface area (Å²) < 4.78 is 0. The third kappa shape index (κ3) is 4.63. The van der Waals surface area contributed by atoms with Crippen LogP contribution in [0.4, 0.5) is 0 Å². The maximum absolute atomic E-state index is 8.97. The van der Waals surface area contributed by atoms with Crippen LogP contribution in [0.5, 0.6) is 0 Å². The molecule has 2 aliphatic rings. The fraction of sp³-hybridized carbons (Fsp3) is 0.647. The number of likely N-dealkylation sites (tertiary alicyclic amines) is 1. The monoisotopic (exact) mass is 261 g/mol. The zero-order valence-electron chi connectivity index (χ0n) is 11.9. The molecule has 0 aromatic heterocycles. The summed E-state index contributed by atoms with van der Waals surface area (Å²) in [6, 6.07) is 12.8. The number of benzene rings is 1. The Morgan fingerprint density at radius 1 is 0.842 bits per heavy atom. The van der Waals surface area contributed by atoms with Crippen LogP contribution in [0.25, 0.3) is 0 Å². The Morgan fingerprint density at radius 2 is 1.42 bits per heavy atom. The Morgan fingerprint density at radius 3 is 2.05 bits per heavy atom. The van der Waals surface area contributed by atoms with E-state index in [0.29, 0.717) is 6.61 Å². The number of rotatable bonds is 2. The molecule has 2 unspecified atom stereocenters. The predicted octanol–water partition coefficient (Wildman–Crippen LogP) is 3.32. The first kappa shape index (κ1) is 14.5. The van der Waals surface area contributed by atoms with Crippen molar-refractivity contribution in [3.8, 4) is 0 Å². The van der Waals surface area contributed by atoms with Gasteiger partial charge in [0, 0.05) is 12.6 Å². The maximum atomic E-state index is 8.97. The van der Waals surface area contributed by atoms with E-state index in [1.807, 2.05) is 36.4 Å². The highest BCUT2D eigenvalue weighted by Crippen LogP contribution is 2.34. The van der Waals surface area contributed by atoms with E-state index in [1.165, 1.54) is 45.1 Å². The second-order valence-corrected chi connectivity index (χ2v) is 5.67. The van der Waals surface area contributed by atoms with Crippen molar-refractivity contribution in [3.63, 3.8) is 0 Å². The van der Waals surface area contributed by atoms with Crippen LogP contribution in [0.1, 0.15) is 38.5 Å². The van der Waals surface area contributed by atoms with Gasteiger partial charge in [0.15, 0.2) is 0 Å². The Balaban J connectivity index is 0.000000186. The molecule has 1 aromatic rings. The van der Waals surface area contributed by atoms with E-state index >= 15 is 0 Å². The van der Waals surface area contributed by atoms with Crippen LogP contribution in [-0.4, -0.2) is 35.7 Å². The van der Waals surface area contributed by atoms with Crippen LogP contribution < -0.4 is 0 Å². The van der Waals surface area contributed by atoms with E-state index in [0.717, 1.165) is 18.5 Å². The molecule has 0 spiro atoms. The summed E-state index contributed by atoms with van der Waals surface area (Å²) in [5.41, 5.74) is 0. The van der Waals surface area contributed by atoms with E-state index in [4.69, 9.17) is 5.11 Å². The lowest BCUT2D eigenvalue weighted by molar-refractivity contribution is 0.0472. The fourth-order valence-corrected chi connectivity index (χ4v) is 3.52. The average Bonchev–Trinajstić information content (AvgIpc) is 2.50. The minimum Gasteiger partial charge on any atom is -0.395 e. The van der Waals surface area contributed by atoms with Gasteiger partial charge in [0.05, 0.1) is 6.61 Å². The predicted molar refractivity (Wildman–Crippen MR) is 80.1 cm³/mol. The molecule has 2 fully saturated rings. The highest BCUT2D eigenvalue weighted by Gasteiger charge is 2.32.